The molecule has 0 saturated heterocycles. The van der Waals surface area contributed by atoms with Gasteiger partial charge in [0.25, 0.3) is 11.8 Å². The summed E-state index contributed by atoms with van der Waals surface area (Å²) in [7, 11) is 0. The van der Waals surface area contributed by atoms with E-state index in [4.69, 9.17) is 11.5 Å². The van der Waals surface area contributed by atoms with E-state index in [1.807, 2.05) is 0 Å². The molecule has 0 radical (unpaired) electrons. The zero-order chi connectivity index (χ0) is 27.5. The summed E-state index contributed by atoms with van der Waals surface area (Å²) >= 11 is 0. The number of pyridine rings is 2. The minimum absolute atomic E-state index is 0.261. The molecule has 2 heterocycles. The number of anilines is 2. The molecule has 0 aliphatic carbocycles. The summed E-state index contributed by atoms with van der Waals surface area (Å²) in [5.41, 5.74) is 14.9. The van der Waals surface area contributed by atoms with Crippen molar-refractivity contribution in [2.75, 3.05) is 24.6 Å². The van der Waals surface area contributed by atoms with Crippen LogP contribution in [-0.4, -0.2) is 47.3 Å². The number of benzene rings is 2. The molecule has 0 aliphatic heterocycles. The molecule has 2 aromatic heterocycles. The van der Waals surface area contributed by atoms with Gasteiger partial charge < -0.3 is 22.1 Å². The first-order valence-electron chi connectivity index (χ1n) is 12.3. The standard InChI is InChI=1S/C29H28N8O2/c30-26-20(8-5-14-32-26)18-36-24-12-3-1-10-22(24)28(38)34-16-7-17-35-29(39)23-11-2-4-13-25(23)37-19-21-9-6-15-33-27(21)31/h1-6,8-15,18-19H,7,16-17H2,(H2,30,32)(H2,31,33)(H,34,38)(H,35,39). The number of nitrogen functional groups attached to an aromatic ring is 2. The fourth-order valence-corrected chi connectivity index (χ4v) is 3.60. The van der Waals surface area contributed by atoms with E-state index in [0.29, 0.717) is 64.8 Å². The summed E-state index contributed by atoms with van der Waals surface area (Å²) in [4.78, 5) is 42.5. The van der Waals surface area contributed by atoms with Crippen LogP contribution >= 0.6 is 0 Å². The van der Waals surface area contributed by atoms with Crippen molar-refractivity contribution in [2.45, 2.75) is 6.42 Å². The molecule has 0 aliphatic rings. The number of rotatable bonds is 10. The van der Waals surface area contributed by atoms with Crippen molar-refractivity contribution in [1.82, 2.24) is 20.6 Å². The number of carbonyl (C=O) groups is 2. The number of aliphatic imine (C=N–C) groups is 2. The van der Waals surface area contributed by atoms with E-state index in [2.05, 4.69) is 30.6 Å². The number of amides is 2. The maximum atomic E-state index is 12.8. The minimum Gasteiger partial charge on any atom is -0.383 e. The molecule has 2 amide bonds. The van der Waals surface area contributed by atoms with E-state index in [0.717, 1.165) is 0 Å². The Morgan fingerprint density at radius 1 is 0.667 bits per heavy atom. The fraction of sp³-hybridized carbons (Fsp3) is 0.103. The monoisotopic (exact) mass is 520 g/mol. The van der Waals surface area contributed by atoms with E-state index >= 15 is 0 Å². The Morgan fingerprint density at radius 2 is 1.10 bits per heavy atom. The first-order valence-corrected chi connectivity index (χ1v) is 12.3. The third-order valence-electron chi connectivity index (χ3n) is 5.65. The smallest absolute Gasteiger partial charge is 0.253 e. The quantitative estimate of drug-likeness (QED) is 0.184. The van der Waals surface area contributed by atoms with Crippen LogP contribution in [0.15, 0.2) is 95.2 Å². The summed E-state index contributed by atoms with van der Waals surface area (Å²) < 4.78 is 0. The van der Waals surface area contributed by atoms with Gasteiger partial charge in [-0.1, -0.05) is 24.3 Å². The van der Waals surface area contributed by atoms with Crippen molar-refractivity contribution in [3.05, 3.63) is 107 Å². The van der Waals surface area contributed by atoms with Crippen molar-refractivity contribution >= 4 is 47.3 Å². The van der Waals surface area contributed by atoms with Crippen LogP contribution in [-0.2, 0) is 0 Å². The molecule has 6 N–H and O–H groups in total. The van der Waals surface area contributed by atoms with Crippen LogP contribution in [0.2, 0.25) is 0 Å². The van der Waals surface area contributed by atoms with Crippen molar-refractivity contribution in [1.29, 1.82) is 0 Å². The van der Waals surface area contributed by atoms with Crippen molar-refractivity contribution in [2.24, 2.45) is 9.98 Å². The Labute approximate surface area is 225 Å². The Bertz CT molecular complexity index is 1400. The summed E-state index contributed by atoms with van der Waals surface area (Å²) in [5.74, 6) is 0.195. The number of nitrogens with one attached hydrogen (secondary N) is 2. The van der Waals surface area contributed by atoms with Gasteiger partial charge in [-0.25, -0.2) is 9.97 Å². The van der Waals surface area contributed by atoms with Gasteiger partial charge in [-0.2, -0.15) is 0 Å². The molecule has 2 aromatic carbocycles. The number of hydrogen-bond acceptors (Lipinski definition) is 8. The zero-order valence-corrected chi connectivity index (χ0v) is 21.1. The second-order valence-electron chi connectivity index (χ2n) is 8.37. The topological polar surface area (TPSA) is 161 Å². The van der Waals surface area contributed by atoms with Gasteiger partial charge in [-0.05, 0) is 55.0 Å². The van der Waals surface area contributed by atoms with E-state index in [1.54, 1.807) is 97.6 Å². The Kier molecular flexibility index (Phi) is 9.06. The second-order valence-corrected chi connectivity index (χ2v) is 8.37. The summed E-state index contributed by atoms with van der Waals surface area (Å²) in [6.07, 6.45) is 6.90. The molecule has 10 nitrogen and oxygen atoms in total. The summed E-state index contributed by atoms with van der Waals surface area (Å²) in [5, 5.41) is 5.75. The third-order valence-corrected chi connectivity index (χ3v) is 5.65. The highest BCUT2D eigenvalue weighted by molar-refractivity contribution is 6.01. The predicted octanol–water partition coefficient (Wildman–Crippen LogP) is 3.69. The number of nitrogens with two attached hydrogens (primary N) is 2. The van der Waals surface area contributed by atoms with Crippen LogP contribution in [0.25, 0.3) is 0 Å². The van der Waals surface area contributed by atoms with Crippen LogP contribution in [0.3, 0.4) is 0 Å². The number of para-hydroxylation sites is 2. The number of nitrogens with zero attached hydrogens (tertiary/aromatic N) is 4. The maximum absolute atomic E-state index is 12.8. The summed E-state index contributed by atoms with van der Waals surface area (Å²) in [6, 6.07) is 21.2. The highest BCUT2D eigenvalue weighted by Crippen LogP contribution is 2.20. The lowest BCUT2D eigenvalue weighted by atomic mass is 10.1. The van der Waals surface area contributed by atoms with E-state index < -0.39 is 0 Å². The van der Waals surface area contributed by atoms with Gasteiger partial charge >= 0.3 is 0 Å². The number of aromatic nitrogens is 2. The predicted molar refractivity (Wildman–Crippen MR) is 154 cm³/mol. The average Bonchev–Trinajstić information content (AvgIpc) is 2.96. The normalized spacial score (nSPS) is 11.1. The molecule has 10 heteroatoms. The van der Waals surface area contributed by atoms with Crippen LogP contribution in [0.5, 0.6) is 0 Å². The molecule has 0 unspecified atom stereocenters. The highest BCUT2D eigenvalue weighted by atomic mass is 16.2. The van der Waals surface area contributed by atoms with E-state index in [1.165, 1.54) is 0 Å². The second kappa shape index (κ2) is 13.2. The lowest BCUT2D eigenvalue weighted by Crippen LogP contribution is -2.30. The van der Waals surface area contributed by atoms with Gasteiger partial charge in [0.05, 0.1) is 22.5 Å². The van der Waals surface area contributed by atoms with Crippen molar-refractivity contribution in [3.8, 4) is 0 Å². The highest BCUT2D eigenvalue weighted by Gasteiger charge is 2.12. The van der Waals surface area contributed by atoms with Gasteiger partial charge in [0.1, 0.15) is 11.6 Å². The SMILES string of the molecule is Nc1ncccc1C=Nc1ccccc1C(=O)NCCCNC(=O)c1ccccc1N=Cc1cccnc1N. The molecule has 39 heavy (non-hydrogen) atoms. The first kappa shape index (κ1) is 26.7. The van der Waals surface area contributed by atoms with Gasteiger partial charge in [0.15, 0.2) is 0 Å². The molecule has 0 saturated carbocycles. The van der Waals surface area contributed by atoms with Crippen LogP contribution in [0.4, 0.5) is 23.0 Å². The third kappa shape index (κ3) is 7.32. The number of carbonyl (C=O) groups excluding carboxylic acids is 2. The molecule has 4 aromatic rings. The van der Waals surface area contributed by atoms with Gasteiger partial charge in [0, 0.05) is 49.0 Å². The average molecular weight is 521 g/mol. The van der Waals surface area contributed by atoms with Crippen molar-refractivity contribution in [3.63, 3.8) is 0 Å². The molecule has 0 atom stereocenters. The van der Waals surface area contributed by atoms with Crippen LogP contribution in [0, 0.1) is 0 Å². The number of hydrogen-bond donors (Lipinski definition) is 4. The van der Waals surface area contributed by atoms with Crippen LogP contribution in [0.1, 0.15) is 38.3 Å². The largest absolute Gasteiger partial charge is 0.383 e. The molecule has 0 spiro atoms. The minimum atomic E-state index is -0.261. The Balaban J connectivity index is 1.29. The lowest BCUT2D eigenvalue weighted by molar-refractivity contribution is 0.0952. The molecule has 0 bridgehead atoms. The Hall–Kier alpha value is -5.38. The van der Waals surface area contributed by atoms with Gasteiger partial charge in [-0.3, -0.25) is 19.6 Å². The van der Waals surface area contributed by atoms with Gasteiger partial charge in [0.2, 0.25) is 0 Å². The fourth-order valence-electron chi connectivity index (χ4n) is 3.60. The van der Waals surface area contributed by atoms with Gasteiger partial charge in [-0.15, -0.1) is 0 Å². The van der Waals surface area contributed by atoms with Crippen LogP contribution < -0.4 is 22.1 Å². The zero-order valence-electron chi connectivity index (χ0n) is 21.1. The molecular formula is C29H28N8O2. The molecule has 0 fully saturated rings. The first-order chi connectivity index (χ1) is 19.0. The molecule has 4 rings (SSSR count). The van der Waals surface area contributed by atoms with E-state index in [-0.39, 0.29) is 11.8 Å². The van der Waals surface area contributed by atoms with E-state index in [9.17, 15) is 9.59 Å². The molecular weight excluding hydrogens is 492 g/mol. The summed E-state index contributed by atoms with van der Waals surface area (Å²) in [6.45, 7) is 0.736. The molecule has 196 valence electrons. The maximum Gasteiger partial charge on any atom is 0.253 e. The lowest BCUT2D eigenvalue weighted by Gasteiger charge is -2.09. The van der Waals surface area contributed by atoms with Crippen molar-refractivity contribution < 1.29 is 9.59 Å². The Morgan fingerprint density at radius 3 is 1.54 bits per heavy atom.